The van der Waals surface area contributed by atoms with Crippen molar-refractivity contribution in [1.82, 2.24) is 19.8 Å². The zero-order valence-corrected chi connectivity index (χ0v) is 19.8. The lowest BCUT2D eigenvalue weighted by Crippen LogP contribution is -2.44. The van der Waals surface area contributed by atoms with Gasteiger partial charge in [-0.15, -0.1) is 0 Å². The average molecular weight is 443 g/mol. The molecule has 2 aliphatic heterocycles. The number of methoxy groups -OCH3 is 2. The van der Waals surface area contributed by atoms with Crippen LogP contribution in [0.3, 0.4) is 0 Å². The third-order valence-corrected chi connectivity index (χ3v) is 7.26. The fourth-order valence-electron chi connectivity index (χ4n) is 5.15. The molecule has 2 saturated heterocycles. The van der Waals surface area contributed by atoms with Crippen molar-refractivity contribution in [2.45, 2.75) is 44.4 Å². The molecule has 7 heteroatoms. The number of piperidine rings is 1. The van der Waals surface area contributed by atoms with E-state index in [9.17, 15) is 0 Å². The zero-order valence-electron chi connectivity index (χ0n) is 19.0. The normalized spacial score (nSPS) is 22.2. The van der Waals surface area contributed by atoms with E-state index < -0.39 is 0 Å². The van der Waals surface area contributed by atoms with Crippen LogP contribution < -0.4 is 9.47 Å². The van der Waals surface area contributed by atoms with E-state index in [0.717, 1.165) is 61.7 Å². The van der Waals surface area contributed by atoms with Crippen LogP contribution in [0.5, 0.6) is 11.5 Å². The highest BCUT2D eigenvalue weighted by Gasteiger charge is 2.41. The second kappa shape index (κ2) is 10.2. The average Bonchev–Trinajstić information content (AvgIpc) is 3.16. The van der Waals surface area contributed by atoms with Crippen LogP contribution in [0.4, 0.5) is 0 Å². The maximum atomic E-state index is 5.66. The maximum Gasteiger partial charge on any atom is 0.187 e. The maximum absolute atomic E-state index is 5.66. The van der Waals surface area contributed by atoms with Crippen LogP contribution in [0.2, 0.25) is 0 Å². The van der Waals surface area contributed by atoms with E-state index in [1.807, 2.05) is 18.5 Å². The van der Waals surface area contributed by atoms with Gasteiger partial charge in [-0.1, -0.05) is 30.8 Å². The van der Waals surface area contributed by atoms with Crippen LogP contribution >= 0.6 is 11.8 Å². The lowest BCUT2D eigenvalue weighted by Gasteiger charge is -2.40. The fraction of sp³-hybridized carbons (Fsp3) is 0.583. The Bertz CT molecular complexity index is 863. The van der Waals surface area contributed by atoms with Crippen LogP contribution in [0, 0.1) is 5.41 Å². The highest BCUT2D eigenvalue weighted by atomic mass is 32.2. The number of nitrogens with zero attached hydrogens (tertiary/aromatic N) is 4. The zero-order chi connectivity index (χ0) is 21.7. The standard InChI is InChI=1S/C24H34N4O2S/c1-4-31-23-25-13-19(14-26-23)15-28-12-10-24(18-28)9-6-11-27(17-24)16-20-7-5-8-21(29-2)22(20)30-3/h5,7-8,13-14H,4,6,9-12,15-18H2,1-3H3. The number of aromatic nitrogens is 2. The lowest BCUT2D eigenvalue weighted by atomic mass is 9.79. The number of likely N-dealkylation sites (tertiary alicyclic amines) is 2. The van der Waals surface area contributed by atoms with Gasteiger partial charge in [0.15, 0.2) is 16.7 Å². The van der Waals surface area contributed by atoms with Gasteiger partial charge < -0.3 is 9.47 Å². The first-order valence-electron chi connectivity index (χ1n) is 11.2. The number of benzene rings is 1. The predicted molar refractivity (Wildman–Crippen MR) is 125 cm³/mol. The molecule has 0 radical (unpaired) electrons. The van der Waals surface area contributed by atoms with Gasteiger partial charge in [-0.05, 0) is 49.6 Å². The van der Waals surface area contributed by atoms with E-state index >= 15 is 0 Å². The summed E-state index contributed by atoms with van der Waals surface area (Å²) in [6, 6.07) is 6.18. The minimum atomic E-state index is 0.392. The second-order valence-corrected chi connectivity index (χ2v) is 9.97. The minimum Gasteiger partial charge on any atom is -0.493 e. The molecule has 2 aliphatic rings. The first-order chi connectivity index (χ1) is 15.1. The quantitative estimate of drug-likeness (QED) is 0.451. The summed E-state index contributed by atoms with van der Waals surface area (Å²) in [5, 5.41) is 0.875. The summed E-state index contributed by atoms with van der Waals surface area (Å²) in [4.78, 5) is 14.2. The summed E-state index contributed by atoms with van der Waals surface area (Å²) in [6.07, 6.45) is 7.84. The summed E-state index contributed by atoms with van der Waals surface area (Å²) in [5.74, 6) is 2.68. The first-order valence-corrected chi connectivity index (χ1v) is 12.2. The van der Waals surface area contributed by atoms with Crippen molar-refractivity contribution < 1.29 is 9.47 Å². The van der Waals surface area contributed by atoms with Gasteiger partial charge in [0.1, 0.15) is 0 Å². The molecule has 0 aliphatic carbocycles. The molecule has 0 amide bonds. The molecule has 1 aromatic carbocycles. The van der Waals surface area contributed by atoms with E-state index in [1.165, 1.54) is 30.4 Å². The Morgan fingerprint density at radius 2 is 1.77 bits per heavy atom. The van der Waals surface area contributed by atoms with E-state index in [2.05, 4.69) is 38.8 Å². The highest BCUT2D eigenvalue weighted by molar-refractivity contribution is 7.99. The van der Waals surface area contributed by atoms with Crippen LogP contribution in [0.25, 0.3) is 0 Å². The summed E-state index contributed by atoms with van der Waals surface area (Å²) >= 11 is 1.69. The molecule has 6 nitrogen and oxygen atoms in total. The van der Waals surface area contributed by atoms with Crippen molar-refractivity contribution in [3.8, 4) is 11.5 Å². The molecule has 31 heavy (non-hydrogen) atoms. The van der Waals surface area contributed by atoms with Crippen LogP contribution in [-0.2, 0) is 13.1 Å². The molecule has 3 heterocycles. The Morgan fingerprint density at radius 1 is 1.00 bits per heavy atom. The highest BCUT2D eigenvalue weighted by Crippen LogP contribution is 2.40. The van der Waals surface area contributed by atoms with Gasteiger partial charge in [-0.3, -0.25) is 9.80 Å². The van der Waals surface area contributed by atoms with Gasteiger partial charge >= 0.3 is 0 Å². The Labute approximate surface area is 190 Å². The monoisotopic (exact) mass is 442 g/mol. The van der Waals surface area contributed by atoms with Crippen LogP contribution in [0.15, 0.2) is 35.7 Å². The fourth-order valence-corrected chi connectivity index (χ4v) is 5.66. The molecular weight excluding hydrogens is 408 g/mol. The smallest absolute Gasteiger partial charge is 0.187 e. The molecule has 4 rings (SSSR count). The molecule has 168 valence electrons. The lowest BCUT2D eigenvalue weighted by molar-refractivity contribution is 0.0859. The Morgan fingerprint density at radius 3 is 2.48 bits per heavy atom. The van der Waals surface area contributed by atoms with Crippen molar-refractivity contribution in [2.75, 3.05) is 46.2 Å². The molecule has 2 fully saturated rings. The molecule has 2 aromatic rings. The van der Waals surface area contributed by atoms with Gasteiger partial charge in [0, 0.05) is 49.7 Å². The topological polar surface area (TPSA) is 50.7 Å². The molecule has 0 saturated carbocycles. The number of rotatable bonds is 8. The third kappa shape index (κ3) is 5.33. The van der Waals surface area contributed by atoms with Gasteiger partial charge in [-0.2, -0.15) is 0 Å². The molecular formula is C24H34N4O2S. The molecule has 0 bridgehead atoms. The van der Waals surface area contributed by atoms with Crippen LogP contribution in [-0.4, -0.2) is 65.9 Å². The molecule has 1 atom stereocenters. The molecule has 1 spiro atoms. The van der Waals surface area contributed by atoms with Gasteiger partial charge in [0.25, 0.3) is 0 Å². The SMILES string of the molecule is CCSc1ncc(CN2CCC3(CCCN(Cc4cccc(OC)c4OC)C3)C2)cn1. The van der Waals surface area contributed by atoms with Crippen molar-refractivity contribution in [2.24, 2.45) is 5.41 Å². The Balaban J connectivity index is 1.37. The molecule has 1 aromatic heterocycles. The second-order valence-electron chi connectivity index (χ2n) is 8.73. The predicted octanol–water partition coefficient (Wildman–Crippen LogP) is 4.09. The van der Waals surface area contributed by atoms with E-state index in [1.54, 1.807) is 26.0 Å². The summed E-state index contributed by atoms with van der Waals surface area (Å²) < 4.78 is 11.1. The van der Waals surface area contributed by atoms with E-state index in [0.29, 0.717) is 5.41 Å². The molecule has 1 unspecified atom stereocenters. The summed E-state index contributed by atoms with van der Waals surface area (Å²) in [6.45, 7) is 8.59. The summed E-state index contributed by atoms with van der Waals surface area (Å²) in [7, 11) is 3.43. The van der Waals surface area contributed by atoms with Crippen LogP contribution in [0.1, 0.15) is 37.3 Å². The minimum absolute atomic E-state index is 0.392. The molecule has 0 N–H and O–H groups in total. The van der Waals surface area contributed by atoms with Crippen molar-refractivity contribution in [3.05, 3.63) is 41.7 Å². The number of hydrogen-bond donors (Lipinski definition) is 0. The Hall–Kier alpha value is -1.83. The van der Waals surface area contributed by atoms with E-state index in [4.69, 9.17) is 9.47 Å². The number of hydrogen-bond acceptors (Lipinski definition) is 7. The number of thioether (sulfide) groups is 1. The van der Waals surface area contributed by atoms with E-state index in [-0.39, 0.29) is 0 Å². The summed E-state index contributed by atoms with van der Waals surface area (Å²) in [5.41, 5.74) is 2.81. The number of para-hydroxylation sites is 1. The first kappa shape index (κ1) is 22.4. The Kier molecular flexibility index (Phi) is 7.35. The van der Waals surface area contributed by atoms with Crippen molar-refractivity contribution in [3.63, 3.8) is 0 Å². The van der Waals surface area contributed by atoms with Gasteiger partial charge in [0.05, 0.1) is 14.2 Å². The number of ether oxygens (including phenoxy) is 2. The largest absolute Gasteiger partial charge is 0.493 e. The van der Waals surface area contributed by atoms with Gasteiger partial charge in [-0.25, -0.2) is 9.97 Å². The van der Waals surface area contributed by atoms with Crippen molar-refractivity contribution >= 4 is 11.8 Å². The third-order valence-electron chi connectivity index (χ3n) is 6.50. The van der Waals surface area contributed by atoms with Gasteiger partial charge in [0.2, 0.25) is 0 Å². The van der Waals surface area contributed by atoms with Crippen molar-refractivity contribution in [1.29, 1.82) is 0 Å².